The number of allylic oxidation sites excluding steroid dienone is 4. The Morgan fingerprint density at radius 3 is 2.00 bits per heavy atom. The maximum atomic E-state index is 12.5. The van der Waals surface area contributed by atoms with Crippen LogP contribution in [-0.2, 0) is 32.9 Å². The minimum absolute atomic E-state index is 0.00755. The lowest BCUT2D eigenvalue weighted by Crippen LogP contribution is -2.29. The van der Waals surface area contributed by atoms with Crippen LogP contribution >= 0.6 is 7.82 Å². The molecule has 53 heavy (non-hydrogen) atoms. The Hall–Kier alpha value is -2.14. The number of hydrogen-bond acceptors (Lipinski definition) is 9. The zero-order chi connectivity index (χ0) is 39.2. The summed E-state index contributed by atoms with van der Waals surface area (Å²) in [7, 11) is -4.82. The molecule has 4 N–H and O–H groups in total. The number of ether oxygens (including phenoxy) is 2. The van der Waals surface area contributed by atoms with Crippen molar-refractivity contribution in [1.82, 2.24) is 0 Å². The van der Waals surface area contributed by atoms with E-state index in [1.54, 1.807) is 12.2 Å². The highest BCUT2D eigenvalue weighted by Gasteiger charge is 2.39. The molecule has 1 fully saturated rings. The van der Waals surface area contributed by atoms with Crippen LogP contribution in [0.2, 0.25) is 0 Å². The summed E-state index contributed by atoms with van der Waals surface area (Å²) < 4.78 is 26.3. The number of carbonyl (C=O) groups is 3. The normalized spacial score (nSPS) is 19.1. The van der Waals surface area contributed by atoms with E-state index in [4.69, 9.17) is 19.3 Å². The molecule has 12 heteroatoms. The SMILES string of the molecule is CCCCCC/C=C\CCCCCCCCCC(=O)O[C@H](COC(=O)CCC/C=C\C[C@H]1C(=O)C[C@@H](O)[C@@H]1/C=C/[C@@H](O)CCCCC)COP(=O)(O)O. The van der Waals surface area contributed by atoms with Crippen molar-refractivity contribution in [3.8, 4) is 0 Å². The Bertz CT molecular complexity index is 1120. The number of aliphatic hydroxyl groups excluding tert-OH is 2. The summed E-state index contributed by atoms with van der Waals surface area (Å²) in [6.07, 6.45) is 29.4. The molecule has 306 valence electrons. The summed E-state index contributed by atoms with van der Waals surface area (Å²) in [5.74, 6) is -1.81. The lowest BCUT2D eigenvalue weighted by molar-refractivity contribution is -0.161. The minimum Gasteiger partial charge on any atom is -0.462 e. The van der Waals surface area contributed by atoms with Crippen LogP contribution in [0.3, 0.4) is 0 Å². The summed E-state index contributed by atoms with van der Waals surface area (Å²) in [4.78, 5) is 55.5. The molecule has 1 aliphatic carbocycles. The first-order valence-corrected chi connectivity index (χ1v) is 21.9. The monoisotopic (exact) mass is 770 g/mol. The predicted octanol–water partition coefficient (Wildman–Crippen LogP) is 8.77. The number of Topliss-reactive ketones (excluding diaryl/α,β-unsaturated/α-hetero) is 1. The van der Waals surface area contributed by atoms with Crippen LogP contribution in [0.25, 0.3) is 0 Å². The van der Waals surface area contributed by atoms with Gasteiger partial charge in [-0.25, -0.2) is 4.57 Å². The fraction of sp³-hybridized carbons (Fsp3) is 0.780. The molecule has 0 aromatic carbocycles. The number of ketones is 1. The molecule has 0 aliphatic heterocycles. The standard InChI is InChI=1S/C41H71O11P/c1-3-5-7-8-9-10-11-12-13-14-15-16-17-18-24-28-41(46)52-35(33-51-53(47,48)49)32-50-40(45)27-23-20-19-22-26-36-37(39(44)31-38(36)43)30-29-34(42)25-21-6-4-2/h10-11,19,22,29-30,34-37,39,42,44H,3-9,12-18,20-21,23-28,31-33H2,1-2H3,(H2,47,48,49)/b11-10-,22-19-,30-29+/t34-,35+,36+,37+,39+/m0/s1. The maximum absolute atomic E-state index is 12.5. The molecule has 0 spiro atoms. The Labute approximate surface area is 319 Å². The fourth-order valence-corrected chi connectivity index (χ4v) is 6.71. The second-order valence-corrected chi connectivity index (χ2v) is 15.6. The van der Waals surface area contributed by atoms with E-state index >= 15 is 0 Å². The van der Waals surface area contributed by atoms with Gasteiger partial charge in [-0.2, -0.15) is 0 Å². The molecule has 11 nitrogen and oxygen atoms in total. The first-order valence-electron chi connectivity index (χ1n) is 20.4. The Morgan fingerprint density at radius 2 is 1.34 bits per heavy atom. The molecule has 5 atom stereocenters. The van der Waals surface area contributed by atoms with Gasteiger partial charge in [0.1, 0.15) is 12.4 Å². The van der Waals surface area contributed by atoms with Gasteiger partial charge < -0.3 is 29.5 Å². The second kappa shape index (κ2) is 31.1. The zero-order valence-electron chi connectivity index (χ0n) is 32.6. The van der Waals surface area contributed by atoms with E-state index in [9.17, 15) is 29.2 Å². The van der Waals surface area contributed by atoms with Crippen molar-refractivity contribution in [2.75, 3.05) is 13.2 Å². The van der Waals surface area contributed by atoms with Crippen LogP contribution in [0.1, 0.15) is 162 Å². The second-order valence-electron chi connectivity index (χ2n) is 14.4. The van der Waals surface area contributed by atoms with E-state index in [0.29, 0.717) is 32.1 Å². The van der Waals surface area contributed by atoms with E-state index in [1.807, 2.05) is 12.2 Å². The molecule has 0 unspecified atom stereocenters. The molecule has 0 aromatic heterocycles. The molecule has 1 aliphatic rings. The van der Waals surface area contributed by atoms with Crippen molar-refractivity contribution in [3.05, 3.63) is 36.5 Å². The van der Waals surface area contributed by atoms with E-state index in [-0.39, 0.29) is 43.5 Å². The summed E-state index contributed by atoms with van der Waals surface area (Å²) in [6, 6.07) is 0. The third kappa shape index (κ3) is 27.1. The number of carbonyl (C=O) groups excluding carboxylic acids is 3. The number of hydrogen-bond donors (Lipinski definition) is 4. The van der Waals surface area contributed by atoms with Gasteiger partial charge in [0.15, 0.2) is 6.10 Å². The van der Waals surface area contributed by atoms with Gasteiger partial charge in [0, 0.05) is 31.1 Å². The van der Waals surface area contributed by atoms with E-state index in [2.05, 4.69) is 30.5 Å². The first-order chi connectivity index (χ1) is 25.5. The zero-order valence-corrected chi connectivity index (χ0v) is 33.5. The summed E-state index contributed by atoms with van der Waals surface area (Å²) >= 11 is 0. The highest BCUT2D eigenvalue weighted by molar-refractivity contribution is 7.46. The van der Waals surface area contributed by atoms with Crippen molar-refractivity contribution in [3.63, 3.8) is 0 Å². The quantitative estimate of drug-likeness (QED) is 0.0217. The van der Waals surface area contributed by atoms with Gasteiger partial charge in [-0.05, 0) is 57.8 Å². The van der Waals surface area contributed by atoms with E-state index in [0.717, 1.165) is 51.4 Å². The molecule has 0 saturated heterocycles. The minimum atomic E-state index is -4.82. The molecule has 0 aromatic rings. The van der Waals surface area contributed by atoms with Gasteiger partial charge in [-0.1, -0.05) is 121 Å². The molecule has 0 radical (unpaired) electrons. The van der Waals surface area contributed by atoms with Crippen LogP contribution in [0.15, 0.2) is 36.5 Å². The summed E-state index contributed by atoms with van der Waals surface area (Å²) in [6.45, 7) is 3.33. The molecule has 1 saturated carbocycles. The topological polar surface area (TPSA) is 177 Å². The molecule has 0 amide bonds. The van der Waals surface area contributed by atoms with Crippen molar-refractivity contribution < 1.29 is 52.9 Å². The molecular formula is C41H71O11P. The summed E-state index contributed by atoms with van der Waals surface area (Å²) in [5.41, 5.74) is 0. The molecule has 0 bridgehead atoms. The van der Waals surface area contributed by atoms with Crippen LogP contribution in [-0.4, -0.2) is 69.2 Å². The van der Waals surface area contributed by atoms with E-state index < -0.39 is 44.7 Å². The van der Waals surface area contributed by atoms with Crippen molar-refractivity contribution in [2.24, 2.45) is 11.8 Å². The van der Waals surface area contributed by atoms with Crippen molar-refractivity contribution >= 4 is 25.5 Å². The molecule has 1 rings (SSSR count). The van der Waals surface area contributed by atoms with E-state index in [1.165, 1.54) is 44.9 Å². The maximum Gasteiger partial charge on any atom is 0.469 e. The van der Waals surface area contributed by atoms with Crippen LogP contribution in [0.4, 0.5) is 0 Å². The third-order valence-electron chi connectivity index (χ3n) is 9.50. The van der Waals surface area contributed by atoms with Gasteiger partial charge in [0.25, 0.3) is 0 Å². The average Bonchev–Trinajstić information content (AvgIpc) is 3.38. The predicted molar refractivity (Wildman–Crippen MR) is 208 cm³/mol. The summed E-state index contributed by atoms with van der Waals surface area (Å²) in [5, 5.41) is 20.6. The van der Waals surface area contributed by atoms with Gasteiger partial charge in [-0.15, -0.1) is 0 Å². The lowest BCUT2D eigenvalue weighted by atomic mass is 9.90. The van der Waals surface area contributed by atoms with Gasteiger partial charge in [0.05, 0.1) is 18.8 Å². The smallest absolute Gasteiger partial charge is 0.462 e. The van der Waals surface area contributed by atoms with Crippen LogP contribution in [0, 0.1) is 11.8 Å². The number of esters is 2. The average molecular weight is 771 g/mol. The van der Waals surface area contributed by atoms with Crippen molar-refractivity contribution in [2.45, 2.75) is 180 Å². The highest BCUT2D eigenvalue weighted by atomic mass is 31.2. The van der Waals surface area contributed by atoms with Gasteiger partial charge in [-0.3, -0.25) is 18.9 Å². The van der Waals surface area contributed by atoms with Crippen molar-refractivity contribution in [1.29, 1.82) is 0 Å². The largest absolute Gasteiger partial charge is 0.469 e. The number of phosphoric acid groups is 1. The van der Waals surface area contributed by atoms with Crippen LogP contribution < -0.4 is 0 Å². The fourth-order valence-electron chi connectivity index (χ4n) is 6.35. The molecular weight excluding hydrogens is 699 g/mol. The molecule has 0 heterocycles. The van der Waals surface area contributed by atoms with Gasteiger partial charge in [0.2, 0.25) is 0 Å². The van der Waals surface area contributed by atoms with Crippen LogP contribution in [0.5, 0.6) is 0 Å². The Kier molecular flexibility index (Phi) is 28.7. The number of phosphoric ester groups is 1. The van der Waals surface area contributed by atoms with Gasteiger partial charge >= 0.3 is 19.8 Å². The Balaban J connectivity index is 2.31. The first kappa shape index (κ1) is 48.9. The number of rotatable bonds is 33. The number of unbranched alkanes of at least 4 members (excludes halogenated alkanes) is 14. The Morgan fingerprint density at radius 1 is 0.774 bits per heavy atom. The lowest BCUT2D eigenvalue weighted by Gasteiger charge is -2.18. The third-order valence-corrected chi connectivity index (χ3v) is 9.99. The number of aliphatic hydroxyl groups is 2. The highest BCUT2D eigenvalue weighted by Crippen LogP contribution is 2.36.